The van der Waals surface area contributed by atoms with Gasteiger partial charge in [0.15, 0.2) is 6.29 Å². The highest BCUT2D eigenvalue weighted by atomic mass is 35.5. The van der Waals surface area contributed by atoms with Gasteiger partial charge in [0, 0.05) is 29.4 Å². The van der Waals surface area contributed by atoms with E-state index in [1.54, 1.807) is 6.07 Å². The number of carbonyl (C=O) groups is 1. The molecule has 108 valence electrons. The maximum Gasteiger partial charge on any atom is 0.152 e. The van der Waals surface area contributed by atoms with E-state index in [1.807, 2.05) is 12.1 Å². The number of rotatable bonds is 3. The van der Waals surface area contributed by atoms with Gasteiger partial charge in [-0.05, 0) is 62.4 Å². The molecule has 4 heteroatoms. The number of benzene rings is 1. The molecule has 0 spiro atoms. The molecule has 1 N–H and O–H groups in total. The molecule has 2 heterocycles. The summed E-state index contributed by atoms with van der Waals surface area (Å²) in [5, 5.41) is 4.16. The molecule has 2 fully saturated rings. The van der Waals surface area contributed by atoms with E-state index < -0.39 is 0 Å². The van der Waals surface area contributed by atoms with Crippen molar-refractivity contribution in [1.29, 1.82) is 0 Å². The van der Waals surface area contributed by atoms with Crippen molar-refractivity contribution in [2.75, 3.05) is 31.1 Å². The summed E-state index contributed by atoms with van der Waals surface area (Å²) < 4.78 is 0. The van der Waals surface area contributed by atoms with Crippen LogP contribution in [-0.2, 0) is 0 Å². The zero-order chi connectivity index (χ0) is 13.9. The SMILES string of the molecule is O=Cc1ccc(Cl)cc1N1CCC(C2CCNC2)CC1. The van der Waals surface area contributed by atoms with E-state index in [9.17, 15) is 4.79 Å². The molecule has 2 saturated heterocycles. The smallest absolute Gasteiger partial charge is 0.152 e. The molecule has 1 atom stereocenters. The molecule has 1 aromatic carbocycles. The molecule has 20 heavy (non-hydrogen) atoms. The lowest BCUT2D eigenvalue weighted by Crippen LogP contribution is -2.37. The third-order valence-corrected chi connectivity index (χ3v) is 5.00. The van der Waals surface area contributed by atoms with E-state index in [-0.39, 0.29) is 0 Å². The van der Waals surface area contributed by atoms with Crippen molar-refractivity contribution in [2.24, 2.45) is 11.8 Å². The number of aldehydes is 1. The Labute approximate surface area is 125 Å². The van der Waals surface area contributed by atoms with E-state index in [0.29, 0.717) is 5.02 Å². The fourth-order valence-corrected chi connectivity index (χ4v) is 3.75. The molecule has 3 rings (SSSR count). The second kappa shape index (κ2) is 6.15. The Kier molecular flexibility index (Phi) is 4.27. The van der Waals surface area contributed by atoms with Crippen molar-refractivity contribution in [3.8, 4) is 0 Å². The maximum atomic E-state index is 11.2. The number of nitrogens with one attached hydrogen (secondary N) is 1. The van der Waals surface area contributed by atoms with Crippen LogP contribution in [0.25, 0.3) is 0 Å². The highest BCUT2D eigenvalue weighted by molar-refractivity contribution is 6.31. The molecule has 0 amide bonds. The maximum absolute atomic E-state index is 11.2. The van der Waals surface area contributed by atoms with E-state index in [2.05, 4.69) is 10.2 Å². The van der Waals surface area contributed by atoms with Crippen molar-refractivity contribution >= 4 is 23.6 Å². The monoisotopic (exact) mass is 292 g/mol. The van der Waals surface area contributed by atoms with Crippen LogP contribution < -0.4 is 10.2 Å². The number of anilines is 1. The predicted octanol–water partition coefficient (Wildman–Crippen LogP) is 2.98. The summed E-state index contributed by atoms with van der Waals surface area (Å²) in [5.74, 6) is 1.68. The summed E-state index contributed by atoms with van der Waals surface area (Å²) in [6.07, 6.45) is 4.69. The number of hydrogen-bond donors (Lipinski definition) is 1. The van der Waals surface area contributed by atoms with Crippen molar-refractivity contribution in [1.82, 2.24) is 5.32 Å². The van der Waals surface area contributed by atoms with Gasteiger partial charge in [-0.2, -0.15) is 0 Å². The van der Waals surface area contributed by atoms with Crippen LogP contribution >= 0.6 is 11.6 Å². The van der Waals surface area contributed by atoms with Crippen molar-refractivity contribution in [3.05, 3.63) is 28.8 Å². The first-order chi connectivity index (χ1) is 9.78. The molecule has 3 nitrogen and oxygen atoms in total. The fourth-order valence-electron chi connectivity index (χ4n) is 3.58. The minimum Gasteiger partial charge on any atom is -0.371 e. The summed E-state index contributed by atoms with van der Waals surface area (Å²) in [6, 6.07) is 5.52. The molecule has 2 aliphatic heterocycles. The van der Waals surface area contributed by atoms with Crippen LogP contribution in [-0.4, -0.2) is 32.5 Å². The van der Waals surface area contributed by atoms with Gasteiger partial charge < -0.3 is 10.2 Å². The summed E-state index contributed by atoms with van der Waals surface area (Å²) in [7, 11) is 0. The third-order valence-electron chi connectivity index (χ3n) is 4.76. The van der Waals surface area contributed by atoms with Gasteiger partial charge in [0.05, 0.1) is 0 Å². The van der Waals surface area contributed by atoms with E-state index >= 15 is 0 Å². The largest absolute Gasteiger partial charge is 0.371 e. The highest BCUT2D eigenvalue weighted by Gasteiger charge is 2.29. The normalized spacial score (nSPS) is 24.1. The van der Waals surface area contributed by atoms with Crippen LogP contribution in [0, 0.1) is 11.8 Å². The van der Waals surface area contributed by atoms with Crippen molar-refractivity contribution < 1.29 is 4.79 Å². The molecule has 0 saturated carbocycles. The first-order valence-corrected chi connectivity index (χ1v) is 7.86. The Morgan fingerprint density at radius 2 is 2.00 bits per heavy atom. The van der Waals surface area contributed by atoms with Crippen LogP contribution in [0.15, 0.2) is 18.2 Å². The average Bonchev–Trinajstić information content (AvgIpc) is 3.02. The van der Waals surface area contributed by atoms with E-state index in [4.69, 9.17) is 11.6 Å². The van der Waals surface area contributed by atoms with Gasteiger partial charge in [0.1, 0.15) is 0 Å². The minimum absolute atomic E-state index is 0.702. The average molecular weight is 293 g/mol. The van der Waals surface area contributed by atoms with E-state index in [0.717, 1.165) is 42.5 Å². The van der Waals surface area contributed by atoms with E-state index in [1.165, 1.54) is 32.4 Å². The lowest BCUT2D eigenvalue weighted by molar-refractivity contribution is 0.112. The highest BCUT2D eigenvalue weighted by Crippen LogP contribution is 2.32. The van der Waals surface area contributed by atoms with Gasteiger partial charge in [-0.3, -0.25) is 4.79 Å². The third kappa shape index (κ3) is 2.84. The molecular formula is C16H21ClN2O. The van der Waals surface area contributed by atoms with Crippen LogP contribution in [0.3, 0.4) is 0 Å². The van der Waals surface area contributed by atoms with Gasteiger partial charge in [-0.1, -0.05) is 11.6 Å². The number of halogens is 1. The van der Waals surface area contributed by atoms with Crippen LogP contribution in [0.5, 0.6) is 0 Å². The van der Waals surface area contributed by atoms with Crippen molar-refractivity contribution in [2.45, 2.75) is 19.3 Å². The summed E-state index contributed by atoms with van der Waals surface area (Å²) in [4.78, 5) is 13.5. The van der Waals surface area contributed by atoms with Gasteiger partial charge in [-0.25, -0.2) is 0 Å². The Morgan fingerprint density at radius 1 is 1.20 bits per heavy atom. The van der Waals surface area contributed by atoms with Crippen molar-refractivity contribution in [3.63, 3.8) is 0 Å². The zero-order valence-electron chi connectivity index (χ0n) is 11.6. The molecule has 1 unspecified atom stereocenters. The van der Waals surface area contributed by atoms with Crippen LogP contribution in [0.2, 0.25) is 5.02 Å². The molecule has 2 aliphatic rings. The lowest BCUT2D eigenvalue weighted by Gasteiger charge is -2.36. The molecular weight excluding hydrogens is 272 g/mol. The molecule has 0 aliphatic carbocycles. The van der Waals surface area contributed by atoms with Gasteiger partial charge >= 0.3 is 0 Å². The Morgan fingerprint density at radius 3 is 2.65 bits per heavy atom. The summed E-state index contributed by atoms with van der Waals surface area (Å²) in [5.41, 5.74) is 1.74. The quantitative estimate of drug-likeness (QED) is 0.869. The van der Waals surface area contributed by atoms with Crippen LogP contribution in [0.4, 0.5) is 5.69 Å². The standard InChI is InChI=1S/C16H21ClN2O/c17-15-2-1-14(11-20)16(9-15)19-7-4-12(5-8-19)13-3-6-18-10-13/h1-2,9,11-13,18H,3-8,10H2. The van der Waals surface area contributed by atoms with Crippen LogP contribution in [0.1, 0.15) is 29.6 Å². The second-order valence-electron chi connectivity index (χ2n) is 5.90. The topological polar surface area (TPSA) is 32.3 Å². The first-order valence-electron chi connectivity index (χ1n) is 7.48. The number of nitrogens with zero attached hydrogens (tertiary/aromatic N) is 1. The molecule has 0 bridgehead atoms. The molecule has 0 aromatic heterocycles. The lowest BCUT2D eigenvalue weighted by atomic mass is 9.83. The number of carbonyl (C=O) groups excluding carboxylic acids is 1. The van der Waals surface area contributed by atoms with Gasteiger partial charge in [-0.15, -0.1) is 0 Å². The first kappa shape index (κ1) is 13.9. The zero-order valence-corrected chi connectivity index (χ0v) is 12.4. The summed E-state index contributed by atoms with van der Waals surface area (Å²) in [6.45, 7) is 4.42. The predicted molar refractivity (Wildman–Crippen MR) is 82.8 cm³/mol. The number of hydrogen-bond acceptors (Lipinski definition) is 3. The Balaban J connectivity index is 1.68. The second-order valence-corrected chi connectivity index (χ2v) is 6.33. The minimum atomic E-state index is 0.702. The number of piperidine rings is 1. The summed E-state index contributed by atoms with van der Waals surface area (Å²) >= 11 is 6.07. The fraction of sp³-hybridized carbons (Fsp3) is 0.562. The van der Waals surface area contributed by atoms with Gasteiger partial charge in [0.2, 0.25) is 0 Å². The van der Waals surface area contributed by atoms with Gasteiger partial charge in [0.25, 0.3) is 0 Å². The Hall–Kier alpha value is -1.06. The molecule has 0 radical (unpaired) electrons. The Bertz CT molecular complexity index is 477. The molecule has 1 aromatic rings.